The molecule has 1 aromatic carbocycles. The summed E-state index contributed by atoms with van der Waals surface area (Å²) in [6, 6.07) is 12.7. The molecule has 0 saturated heterocycles. The second-order valence-corrected chi connectivity index (χ2v) is 6.54. The summed E-state index contributed by atoms with van der Waals surface area (Å²) in [5, 5.41) is 4.50. The zero-order valence-corrected chi connectivity index (χ0v) is 13.8. The average Bonchev–Trinajstić information content (AvgIpc) is 3.31. The first-order valence-electron chi connectivity index (χ1n) is 8.69. The lowest BCUT2D eigenvalue weighted by molar-refractivity contribution is 0.273. The highest BCUT2D eigenvalue weighted by molar-refractivity contribution is 5.54. The van der Waals surface area contributed by atoms with Crippen molar-refractivity contribution in [2.75, 3.05) is 6.54 Å². The number of aromatic nitrogens is 4. The number of benzene rings is 1. The SMILES string of the molecule is NC[C@H]1CCC[C@@H](n2ccnc2-c2ccnn2-c2ccccc2)C1. The van der Waals surface area contributed by atoms with Crippen molar-refractivity contribution in [1.29, 1.82) is 0 Å². The van der Waals surface area contributed by atoms with Crippen LogP contribution in [0.15, 0.2) is 55.0 Å². The second kappa shape index (κ2) is 6.61. The fraction of sp³-hybridized carbons (Fsp3) is 0.368. The molecule has 1 fully saturated rings. The van der Waals surface area contributed by atoms with Gasteiger partial charge in [0.2, 0.25) is 0 Å². The summed E-state index contributed by atoms with van der Waals surface area (Å²) < 4.78 is 4.28. The third-order valence-electron chi connectivity index (χ3n) is 5.02. The number of hydrogen-bond acceptors (Lipinski definition) is 3. The molecule has 2 aromatic heterocycles. The van der Waals surface area contributed by atoms with Crippen LogP contribution in [0.4, 0.5) is 0 Å². The number of nitrogens with two attached hydrogens (primary N) is 1. The van der Waals surface area contributed by atoms with Gasteiger partial charge in [0.15, 0.2) is 5.82 Å². The molecule has 124 valence electrons. The molecule has 1 aliphatic rings. The van der Waals surface area contributed by atoms with Gasteiger partial charge in [-0.2, -0.15) is 5.10 Å². The van der Waals surface area contributed by atoms with Crippen molar-refractivity contribution in [3.05, 3.63) is 55.0 Å². The van der Waals surface area contributed by atoms with Crippen LogP contribution < -0.4 is 5.73 Å². The van der Waals surface area contributed by atoms with E-state index in [4.69, 9.17) is 5.73 Å². The predicted octanol–water partition coefficient (Wildman–Crippen LogP) is 3.43. The molecule has 2 atom stereocenters. The van der Waals surface area contributed by atoms with Crippen molar-refractivity contribution in [3.63, 3.8) is 0 Å². The van der Waals surface area contributed by atoms with Crippen molar-refractivity contribution in [2.45, 2.75) is 31.7 Å². The highest BCUT2D eigenvalue weighted by atomic mass is 15.3. The van der Waals surface area contributed by atoms with E-state index in [0.29, 0.717) is 12.0 Å². The Morgan fingerprint density at radius 2 is 1.96 bits per heavy atom. The van der Waals surface area contributed by atoms with Gasteiger partial charge in [-0.1, -0.05) is 24.6 Å². The molecule has 0 unspecified atom stereocenters. The second-order valence-electron chi connectivity index (χ2n) is 6.54. The van der Waals surface area contributed by atoms with Gasteiger partial charge in [0, 0.05) is 18.4 Å². The Balaban J connectivity index is 1.70. The predicted molar refractivity (Wildman–Crippen MR) is 94.8 cm³/mol. The third kappa shape index (κ3) is 2.76. The summed E-state index contributed by atoms with van der Waals surface area (Å²) in [4.78, 5) is 4.64. The molecule has 5 heteroatoms. The van der Waals surface area contributed by atoms with Crippen LogP contribution in [0.5, 0.6) is 0 Å². The maximum Gasteiger partial charge on any atom is 0.159 e. The van der Waals surface area contributed by atoms with E-state index in [9.17, 15) is 0 Å². The average molecular weight is 321 g/mol. The van der Waals surface area contributed by atoms with E-state index in [0.717, 1.165) is 30.2 Å². The van der Waals surface area contributed by atoms with E-state index < -0.39 is 0 Å². The number of rotatable bonds is 4. The summed E-state index contributed by atoms with van der Waals surface area (Å²) in [5.74, 6) is 1.61. The van der Waals surface area contributed by atoms with Gasteiger partial charge >= 0.3 is 0 Å². The normalized spacial score (nSPS) is 21.0. The van der Waals surface area contributed by atoms with Crippen LogP contribution >= 0.6 is 0 Å². The minimum Gasteiger partial charge on any atom is -0.330 e. The van der Waals surface area contributed by atoms with Gasteiger partial charge < -0.3 is 10.3 Å². The Bertz CT molecular complexity index is 789. The van der Waals surface area contributed by atoms with Gasteiger partial charge in [0.05, 0.1) is 11.9 Å². The van der Waals surface area contributed by atoms with Crippen molar-refractivity contribution in [3.8, 4) is 17.2 Å². The van der Waals surface area contributed by atoms with Crippen LogP contribution in [-0.4, -0.2) is 25.9 Å². The fourth-order valence-corrected chi connectivity index (χ4v) is 3.78. The number of nitrogens with zero attached hydrogens (tertiary/aromatic N) is 4. The van der Waals surface area contributed by atoms with E-state index in [2.05, 4.69) is 33.0 Å². The van der Waals surface area contributed by atoms with Crippen molar-refractivity contribution >= 4 is 0 Å². The Morgan fingerprint density at radius 3 is 2.79 bits per heavy atom. The van der Waals surface area contributed by atoms with Crippen LogP contribution in [0.25, 0.3) is 17.2 Å². The highest BCUT2D eigenvalue weighted by Gasteiger charge is 2.25. The minimum atomic E-state index is 0.476. The number of para-hydroxylation sites is 1. The quantitative estimate of drug-likeness (QED) is 0.801. The summed E-state index contributed by atoms with van der Waals surface area (Å²) in [6.45, 7) is 0.780. The summed E-state index contributed by atoms with van der Waals surface area (Å²) in [5.41, 5.74) is 7.99. The number of hydrogen-bond donors (Lipinski definition) is 1. The van der Waals surface area contributed by atoms with Crippen molar-refractivity contribution < 1.29 is 0 Å². The molecule has 1 aliphatic carbocycles. The molecule has 4 rings (SSSR count). The third-order valence-corrected chi connectivity index (χ3v) is 5.02. The largest absolute Gasteiger partial charge is 0.330 e. The molecule has 0 aliphatic heterocycles. The first kappa shape index (κ1) is 15.1. The molecule has 5 nitrogen and oxygen atoms in total. The first-order chi connectivity index (χ1) is 11.9. The summed E-state index contributed by atoms with van der Waals surface area (Å²) in [7, 11) is 0. The van der Waals surface area contributed by atoms with E-state index in [1.165, 1.54) is 19.3 Å². The Morgan fingerprint density at radius 1 is 1.08 bits per heavy atom. The monoisotopic (exact) mass is 321 g/mol. The van der Waals surface area contributed by atoms with Crippen LogP contribution in [0.2, 0.25) is 0 Å². The molecule has 0 radical (unpaired) electrons. The molecule has 2 heterocycles. The molecule has 0 amide bonds. The molecule has 1 saturated carbocycles. The van der Waals surface area contributed by atoms with Gasteiger partial charge in [-0.25, -0.2) is 9.67 Å². The van der Waals surface area contributed by atoms with E-state index >= 15 is 0 Å². The molecular formula is C19H23N5. The maximum absolute atomic E-state index is 5.91. The lowest BCUT2D eigenvalue weighted by Gasteiger charge is -2.30. The van der Waals surface area contributed by atoms with Gasteiger partial charge in [-0.15, -0.1) is 0 Å². The maximum atomic E-state index is 5.91. The van der Waals surface area contributed by atoms with E-state index in [1.807, 2.05) is 41.3 Å². The molecule has 24 heavy (non-hydrogen) atoms. The standard InChI is InChI=1S/C19H23N5/c20-14-15-5-4-8-17(13-15)23-12-11-21-19(23)18-9-10-22-24(18)16-6-2-1-3-7-16/h1-3,6-7,9-12,15,17H,4-5,8,13-14,20H2/t15-,17+/m0/s1. The van der Waals surface area contributed by atoms with Gasteiger partial charge in [0.1, 0.15) is 5.69 Å². The van der Waals surface area contributed by atoms with Crippen molar-refractivity contribution in [2.24, 2.45) is 11.7 Å². The lowest BCUT2D eigenvalue weighted by Crippen LogP contribution is -2.24. The molecule has 0 spiro atoms. The van der Waals surface area contributed by atoms with Gasteiger partial charge in [-0.05, 0) is 49.9 Å². The molecule has 2 N–H and O–H groups in total. The van der Waals surface area contributed by atoms with Crippen LogP contribution in [0.1, 0.15) is 31.7 Å². The minimum absolute atomic E-state index is 0.476. The fourth-order valence-electron chi connectivity index (χ4n) is 3.78. The van der Waals surface area contributed by atoms with Gasteiger partial charge in [0.25, 0.3) is 0 Å². The van der Waals surface area contributed by atoms with Gasteiger partial charge in [-0.3, -0.25) is 0 Å². The molecular weight excluding hydrogens is 298 g/mol. The first-order valence-corrected chi connectivity index (χ1v) is 8.69. The summed E-state index contributed by atoms with van der Waals surface area (Å²) >= 11 is 0. The Hall–Kier alpha value is -2.40. The smallest absolute Gasteiger partial charge is 0.159 e. The highest BCUT2D eigenvalue weighted by Crippen LogP contribution is 2.35. The van der Waals surface area contributed by atoms with Crippen LogP contribution in [0, 0.1) is 5.92 Å². The van der Waals surface area contributed by atoms with E-state index in [-0.39, 0.29) is 0 Å². The lowest BCUT2D eigenvalue weighted by atomic mass is 9.85. The topological polar surface area (TPSA) is 61.7 Å². The van der Waals surface area contributed by atoms with Crippen LogP contribution in [-0.2, 0) is 0 Å². The zero-order valence-electron chi connectivity index (χ0n) is 13.8. The molecule has 0 bridgehead atoms. The summed E-state index contributed by atoms with van der Waals surface area (Å²) in [6.07, 6.45) is 10.6. The van der Waals surface area contributed by atoms with E-state index in [1.54, 1.807) is 0 Å². The Kier molecular flexibility index (Phi) is 4.17. The Labute approximate surface area is 142 Å². The van der Waals surface area contributed by atoms with Crippen molar-refractivity contribution in [1.82, 2.24) is 19.3 Å². The zero-order chi connectivity index (χ0) is 16.4. The van der Waals surface area contributed by atoms with Crippen LogP contribution in [0.3, 0.4) is 0 Å². The number of imidazole rings is 1. The molecule has 3 aromatic rings.